The molecule has 1 heterocycles. The number of thiocarbonyl (C=S) groups is 1. The van der Waals surface area contributed by atoms with Crippen molar-refractivity contribution in [3.8, 4) is 0 Å². The predicted octanol–water partition coefficient (Wildman–Crippen LogP) is 3.99. The van der Waals surface area contributed by atoms with E-state index in [2.05, 4.69) is 15.5 Å². The number of carbonyl (C=O) groups is 2. The molecule has 3 rings (SSSR count). The van der Waals surface area contributed by atoms with Gasteiger partial charge in [0.05, 0.1) is 15.6 Å². The Morgan fingerprint density at radius 3 is 2.41 bits per heavy atom. The molecule has 1 fully saturated rings. The van der Waals surface area contributed by atoms with Gasteiger partial charge in [-0.2, -0.15) is 0 Å². The third-order valence-electron chi connectivity index (χ3n) is 5.61. The molecule has 0 saturated carbocycles. The van der Waals surface area contributed by atoms with Gasteiger partial charge in [-0.1, -0.05) is 31.5 Å². The highest BCUT2D eigenvalue weighted by Gasteiger charge is 2.24. The van der Waals surface area contributed by atoms with Crippen LogP contribution in [0.3, 0.4) is 0 Å². The summed E-state index contributed by atoms with van der Waals surface area (Å²) in [5.41, 5.74) is 1.73. The molecule has 0 unspecified atom stereocenters. The summed E-state index contributed by atoms with van der Waals surface area (Å²) in [6.45, 7) is 7.95. The van der Waals surface area contributed by atoms with Gasteiger partial charge < -0.3 is 15.1 Å². The minimum Gasteiger partial charge on any atom is -0.367 e. The Bertz CT molecular complexity index is 1130. The topological polar surface area (TPSA) is 108 Å². The minimum atomic E-state index is -0.546. The van der Waals surface area contributed by atoms with Crippen molar-refractivity contribution in [1.82, 2.24) is 10.2 Å². The van der Waals surface area contributed by atoms with E-state index in [9.17, 15) is 19.7 Å². The number of nitro benzene ring substituents is 1. The van der Waals surface area contributed by atoms with Crippen LogP contribution in [-0.2, 0) is 4.79 Å². The van der Waals surface area contributed by atoms with Crippen LogP contribution in [0.5, 0.6) is 0 Å². The number of halogens is 1. The van der Waals surface area contributed by atoms with E-state index in [0.717, 1.165) is 5.69 Å². The molecule has 0 radical (unpaired) electrons. The molecule has 1 aliphatic rings. The third-order valence-corrected chi connectivity index (χ3v) is 6.11. The van der Waals surface area contributed by atoms with Gasteiger partial charge in [0.15, 0.2) is 5.11 Å². The number of amides is 2. The number of nitro groups is 1. The zero-order valence-electron chi connectivity index (χ0n) is 19.1. The van der Waals surface area contributed by atoms with Gasteiger partial charge in [0.25, 0.3) is 11.6 Å². The highest BCUT2D eigenvalue weighted by molar-refractivity contribution is 7.80. The zero-order valence-corrected chi connectivity index (χ0v) is 20.7. The van der Waals surface area contributed by atoms with E-state index >= 15 is 0 Å². The fourth-order valence-corrected chi connectivity index (χ4v) is 4.28. The summed E-state index contributed by atoms with van der Waals surface area (Å²) in [6.07, 6.45) is 0. The smallest absolute Gasteiger partial charge is 0.273 e. The number of nitrogens with zero attached hydrogens (tertiary/aromatic N) is 3. The number of benzene rings is 2. The predicted molar refractivity (Wildman–Crippen MR) is 137 cm³/mol. The van der Waals surface area contributed by atoms with Crippen LogP contribution in [0.4, 0.5) is 17.1 Å². The van der Waals surface area contributed by atoms with Crippen molar-refractivity contribution in [2.24, 2.45) is 5.92 Å². The maximum absolute atomic E-state index is 12.6. The number of rotatable bonds is 5. The van der Waals surface area contributed by atoms with Crippen molar-refractivity contribution in [3.63, 3.8) is 0 Å². The van der Waals surface area contributed by atoms with Crippen molar-refractivity contribution >= 4 is 57.8 Å². The molecule has 1 saturated heterocycles. The number of nitrogens with one attached hydrogen (secondary N) is 2. The molecule has 0 spiro atoms. The average Bonchev–Trinajstić information content (AvgIpc) is 2.78. The number of hydrogen-bond donors (Lipinski definition) is 2. The summed E-state index contributed by atoms with van der Waals surface area (Å²) in [5.74, 6) is -0.415. The largest absolute Gasteiger partial charge is 0.367 e. The molecular weight excluding hydrogens is 478 g/mol. The van der Waals surface area contributed by atoms with Crippen LogP contribution in [-0.4, -0.2) is 52.9 Å². The molecule has 0 atom stereocenters. The number of hydrogen-bond acceptors (Lipinski definition) is 6. The Morgan fingerprint density at radius 2 is 1.82 bits per heavy atom. The molecule has 2 amide bonds. The van der Waals surface area contributed by atoms with Crippen LogP contribution in [0, 0.1) is 23.0 Å². The van der Waals surface area contributed by atoms with Gasteiger partial charge >= 0.3 is 0 Å². The van der Waals surface area contributed by atoms with E-state index < -0.39 is 10.8 Å². The molecule has 0 bridgehead atoms. The molecule has 2 aromatic carbocycles. The second kappa shape index (κ2) is 10.8. The van der Waals surface area contributed by atoms with Gasteiger partial charge in [0, 0.05) is 55.0 Å². The van der Waals surface area contributed by atoms with Crippen molar-refractivity contribution < 1.29 is 14.5 Å². The van der Waals surface area contributed by atoms with Crippen LogP contribution in [0.1, 0.15) is 29.8 Å². The maximum Gasteiger partial charge on any atom is 0.273 e. The van der Waals surface area contributed by atoms with E-state index in [1.807, 2.05) is 24.8 Å². The Kier molecular flexibility index (Phi) is 8.06. The summed E-state index contributed by atoms with van der Waals surface area (Å²) in [5, 5.41) is 17.1. The molecule has 34 heavy (non-hydrogen) atoms. The van der Waals surface area contributed by atoms with E-state index in [-0.39, 0.29) is 33.8 Å². The monoisotopic (exact) mass is 503 g/mol. The van der Waals surface area contributed by atoms with Crippen molar-refractivity contribution in [1.29, 1.82) is 0 Å². The van der Waals surface area contributed by atoms with Gasteiger partial charge in [0.1, 0.15) is 0 Å². The zero-order chi connectivity index (χ0) is 25.0. The van der Waals surface area contributed by atoms with Crippen LogP contribution in [0.15, 0.2) is 36.4 Å². The van der Waals surface area contributed by atoms with E-state index in [4.69, 9.17) is 23.8 Å². The second-order valence-electron chi connectivity index (χ2n) is 8.25. The highest BCUT2D eigenvalue weighted by Crippen LogP contribution is 2.30. The van der Waals surface area contributed by atoms with Gasteiger partial charge in [-0.25, -0.2) is 0 Å². The number of carbonyl (C=O) groups excluding carboxylic acids is 2. The summed E-state index contributed by atoms with van der Waals surface area (Å²) in [7, 11) is 0. The average molecular weight is 504 g/mol. The first kappa shape index (κ1) is 25.4. The lowest BCUT2D eigenvalue weighted by molar-refractivity contribution is -0.385. The molecule has 0 aliphatic carbocycles. The second-order valence-corrected chi connectivity index (χ2v) is 9.06. The Morgan fingerprint density at radius 1 is 1.15 bits per heavy atom. The molecule has 1 aliphatic heterocycles. The normalized spacial score (nSPS) is 13.6. The van der Waals surface area contributed by atoms with Crippen LogP contribution in [0.2, 0.25) is 5.02 Å². The lowest BCUT2D eigenvalue weighted by atomic mass is 10.1. The molecule has 180 valence electrons. The lowest BCUT2D eigenvalue weighted by Crippen LogP contribution is -2.50. The molecule has 2 N–H and O–H groups in total. The first-order valence-electron chi connectivity index (χ1n) is 10.8. The number of piperazine rings is 1. The van der Waals surface area contributed by atoms with Gasteiger partial charge in [-0.05, 0) is 43.4 Å². The van der Waals surface area contributed by atoms with Crippen LogP contribution < -0.4 is 15.5 Å². The lowest BCUT2D eigenvalue weighted by Gasteiger charge is -2.37. The Labute approximate surface area is 208 Å². The number of anilines is 2. The van der Waals surface area contributed by atoms with E-state index in [1.165, 1.54) is 25.1 Å². The summed E-state index contributed by atoms with van der Waals surface area (Å²) in [6, 6.07) is 9.66. The summed E-state index contributed by atoms with van der Waals surface area (Å²) < 4.78 is 0. The molecule has 0 aromatic heterocycles. The molecule has 2 aromatic rings. The Balaban J connectivity index is 1.61. The molecular formula is C23H26ClN5O4S. The van der Waals surface area contributed by atoms with Gasteiger partial charge in [-0.15, -0.1) is 0 Å². The van der Waals surface area contributed by atoms with Crippen molar-refractivity contribution in [2.75, 3.05) is 36.4 Å². The van der Waals surface area contributed by atoms with Gasteiger partial charge in [-0.3, -0.25) is 25.0 Å². The van der Waals surface area contributed by atoms with E-state index in [1.54, 1.807) is 12.1 Å². The summed E-state index contributed by atoms with van der Waals surface area (Å²) >= 11 is 11.7. The highest BCUT2D eigenvalue weighted by atomic mass is 35.5. The molecule has 11 heteroatoms. The van der Waals surface area contributed by atoms with E-state index in [0.29, 0.717) is 36.9 Å². The van der Waals surface area contributed by atoms with Gasteiger partial charge in [0.2, 0.25) is 5.91 Å². The maximum atomic E-state index is 12.6. The van der Waals surface area contributed by atoms with Crippen molar-refractivity contribution in [3.05, 3.63) is 62.7 Å². The standard InChI is InChI=1S/C23H26ClN5O4S/c1-14(2)22(31)28-11-9-27(10-12-28)20-8-7-16(13-18(20)24)25-23(34)26-21(30)17-5-4-6-19(15(17)3)29(32)33/h4-8,13-14H,9-12H2,1-3H3,(H2,25,26,30,34). The first-order valence-corrected chi connectivity index (χ1v) is 11.6. The third kappa shape index (κ3) is 5.81. The van der Waals surface area contributed by atoms with Crippen molar-refractivity contribution in [2.45, 2.75) is 20.8 Å². The minimum absolute atomic E-state index is 0.0225. The SMILES string of the molecule is Cc1c(C(=O)NC(=S)Nc2ccc(N3CCN(C(=O)C(C)C)CC3)c(Cl)c2)cccc1[N+](=O)[O-]. The molecule has 9 nitrogen and oxygen atoms in total. The van der Waals surface area contributed by atoms with Crippen LogP contribution in [0.25, 0.3) is 0 Å². The van der Waals surface area contributed by atoms with Crippen LogP contribution >= 0.6 is 23.8 Å². The fraction of sp³-hybridized carbons (Fsp3) is 0.348. The first-order chi connectivity index (χ1) is 16.1. The summed E-state index contributed by atoms with van der Waals surface area (Å²) in [4.78, 5) is 39.3. The quantitative estimate of drug-likeness (QED) is 0.361. The Hall–Kier alpha value is -3.24. The fourth-order valence-electron chi connectivity index (χ4n) is 3.77.